The van der Waals surface area contributed by atoms with Crippen LogP contribution in [0, 0.1) is 10.1 Å². The second kappa shape index (κ2) is 6.46. The molecular weight excluding hydrogens is 334 g/mol. The van der Waals surface area contributed by atoms with Crippen molar-refractivity contribution < 1.29 is 14.8 Å². The second-order valence-electron chi connectivity index (χ2n) is 4.55. The first-order chi connectivity index (χ1) is 11.6. The molecule has 0 radical (unpaired) electrons. The molecule has 0 spiro atoms. The van der Waals surface area contributed by atoms with Gasteiger partial charge in [0.1, 0.15) is 0 Å². The van der Waals surface area contributed by atoms with Crippen LogP contribution < -0.4 is 0 Å². The summed E-state index contributed by atoms with van der Waals surface area (Å²) in [6.45, 7) is 0. The van der Waals surface area contributed by atoms with E-state index in [9.17, 15) is 20.0 Å². The highest BCUT2D eigenvalue weighted by molar-refractivity contribution is 7.99. The van der Waals surface area contributed by atoms with Gasteiger partial charge in [-0.2, -0.15) is 4.68 Å². The Hall–Kier alpha value is -3.27. The largest absolute Gasteiger partial charge is 0.478 e. The predicted octanol–water partition coefficient (Wildman–Crippen LogP) is 2.42. The molecule has 120 valence electrons. The molecule has 3 rings (SSSR count). The van der Waals surface area contributed by atoms with Gasteiger partial charge in [-0.1, -0.05) is 18.2 Å². The topological polar surface area (TPSA) is 124 Å². The quantitative estimate of drug-likeness (QED) is 0.553. The molecule has 0 unspecified atom stereocenters. The Labute approximate surface area is 139 Å². The van der Waals surface area contributed by atoms with Crippen LogP contribution in [-0.4, -0.2) is 36.2 Å². The highest BCUT2D eigenvalue weighted by atomic mass is 32.2. The number of non-ortho nitro benzene ring substituents is 1. The lowest BCUT2D eigenvalue weighted by Gasteiger charge is -2.06. The first-order valence-electron chi connectivity index (χ1n) is 6.59. The summed E-state index contributed by atoms with van der Waals surface area (Å²) in [7, 11) is 0. The molecule has 24 heavy (non-hydrogen) atoms. The average Bonchev–Trinajstić information content (AvgIpc) is 3.03. The first kappa shape index (κ1) is 15.6. The zero-order valence-corrected chi connectivity index (χ0v) is 12.8. The molecule has 0 aliphatic heterocycles. The number of tetrazole rings is 1. The lowest BCUT2D eigenvalue weighted by atomic mass is 10.2. The fourth-order valence-electron chi connectivity index (χ4n) is 1.96. The number of hydrogen-bond acceptors (Lipinski definition) is 7. The number of carbonyl (C=O) groups is 1. The fraction of sp³-hybridized carbons (Fsp3) is 0. The van der Waals surface area contributed by atoms with Crippen molar-refractivity contribution in [1.82, 2.24) is 20.2 Å². The van der Waals surface area contributed by atoms with Crippen molar-refractivity contribution in [2.24, 2.45) is 0 Å². The van der Waals surface area contributed by atoms with Crippen molar-refractivity contribution >= 4 is 23.4 Å². The van der Waals surface area contributed by atoms with E-state index in [4.69, 9.17) is 0 Å². The van der Waals surface area contributed by atoms with Crippen molar-refractivity contribution in [1.29, 1.82) is 0 Å². The average molecular weight is 343 g/mol. The minimum atomic E-state index is -1.26. The number of nitro groups is 1. The molecule has 1 aromatic heterocycles. The van der Waals surface area contributed by atoms with E-state index >= 15 is 0 Å². The zero-order chi connectivity index (χ0) is 17.1. The zero-order valence-electron chi connectivity index (χ0n) is 11.9. The van der Waals surface area contributed by atoms with E-state index in [0.717, 1.165) is 17.8 Å². The maximum atomic E-state index is 11.4. The van der Waals surface area contributed by atoms with Crippen molar-refractivity contribution in [3.8, 4) is 5.69 Å². The van der Waals surface area contributed by atoms with Crippen LogP contribution >= 0.6 is 11.8 Å². The highest BCUT2D eigenvalue weighted by Crippen LogP contribution is 2.32. The lowest BCUT2D eigenvalue weighted by molar-refractivity contribution is -0.384. The summed E-state index contributed by atoms with van der Waals surface area (Å²) in [4.78, 5) is 21.9. The summed E-state index contributed by atoms with van der Waals surface area (Å²) >= 11 is 1.01. The van der Waals surface area contributed by atoms with Gasteiger partial charge in [-0.05, 0) is 40.4 Å². The fourth-order valence-corrected chi connectivity index (χ4v) is 2.85. The number of carboxylic acid groups (broad SMARTS) is 1. The third-order valence-electron chi connectivity index (χ3n) is 3.05. The van der Waals surface area contributed by atoms with Gasteiger partial charge in [-0.25, -0.2) is 4.79 Å². The lowest BCUT2D eigenvalue weighted by Crippen LogP contribution is -2.02. The summed E-state index contributed by atoms with van der Waals surface area (Å²) < 4.78 is 1.46. The number of hydrogen-bond donors (Lipinski definition) is 1. The van der Waals surface area contributed by atoms with Gasteiger partial charge in [0.05, 0.1) is 16.2 Å². The van der Waals surface area contributed by atoms with Crippen LogP contribution in [0.4, 0.5) is 5.69 Å². The van der Waals surface area contributed by atoms with Crippen molar-refractivity contribution in [2.45, 2.75) is 10.1 Å². The molecule has 10 heteroatoms. The smallest absolute Gasteiger partial charge is 0.337 e. The first-order valence-corrected chi connectivity index (χ1v) is 7.41. The van der Waals surface area contributed by atoms with Gasteiger partial charge in [-0.3, -0.25) is 10.1 Å². The minimum absolute atomic E-state index is 0.184. The van der Waals surface area contributed by atoms with Gasteiger partial charge >= 0.3 is 5.97 Å². The summed E-state index contributed by atoms with van der Waals surface area (Å²) in [5.41, 5.74) is 0.236. The normalized spacial score (nSPS) is 10.5. The Morgan fingerprint density at radius 3 is 2.62 bits per heavy atom. The van der Waals surface area contributed by atoms with E-state index in [-0.39, 0.29) is 11.3 Å². The molecule has 3 aromatic rings. The maximum Gasteiger partial charge on any atom is 0.337 e. The second-order valence-corrected chi connectivity index (χ2v) is 5.56. The van der Waals surface area contributed by atoms with E-state index < -0.39 is 10.9 Å². The van der Waals surface area contributed by atoms with Crippen molar-refractivity contribution in [3.05, 3.63) is 64.2 Å². The molecule has 2 aromatic carbocycles. The monoisotopic (exact) mass is 343 g/mol. The molecule has 0 saturated heterocycles. The SMILES string of the molecule is O=C(O)c1cc([N+](=O)[O-])ccc1Sc1nnnn1-c1ccccc1. The molecule has 9 nitrogen and oxygen atoms in total. The summed E-state index contributed by atoms with van der Waals surface area (Å²) in [6, 6.07) is 12.7. The standard InChI is InChI=1S/C14H9N5O4S/c20-13(21)11-8-10(19(22)23)6-7-12(11)24-14-15-16-17-18(14)9-4-2-1-3-5-9/h1-8H,(H,20,21). The van der Waals surface area contributed by atoms with E-state index in [1.54, 1.807) is 12.1 Å². The number of nitro benzene ring substituents is 1. The number of carboxylic acids is 1. The van der Waals surface area contributed by atoms with E-state index in [0.29, 0.717) is 15.7 Å². The molecule has 0 fully saturated rings. The molecule has 0 atom stereocenters. The van der Waals surface area contributed by atoms with Crippen LogP contribution in [0.1, 0.15) is 10.4 Å². The van der Waals surface area contributed by atoms with E-state index in [2.05, 4.69) is 15.5 Å². The van der Waals surface area contributed by atoms with Crippen LogP contribution in [0.15, 0.2) is 58.6 Å². The molecule has 0 saturated carbocycles. The molecule has 0 aliphatic carbocycles. The van der Waals surface area contributed by atoms with Crippen LogP contribution in [0.2, 0.25) is 0 Å². The van der Waals surface area contributed by atoms with Gasteiger partial charge in [0.25, 0.3) is 5.69 Å². The van der Waals surface area contributed by atoms with Crippen molar-refractivity contribution in [3.63, 3.8) is 0 Å². The van der Waals surface area contributed by atoms with Gasteiger partial charge in [0, 0.05) is 17.0 Å². The maximum absolute atomic E-state index is 11.4. The molecular formula is C14H9N5O4S. The summed E-state index contributed by atoms with van der Waals surface area (Å²) in [6.07, 6.45) is 0. The third-order valence-corrected chi connectivity index (χ3v) is 4.06. The van der Waals surface area contributed by atoms with Gasteiger partial charge in [0.2, 0.25) is 5.16 Å². The van der Waals surface area contributed by atoms with E-state index in [1.807, 2.05) is 18.2 Å². The van der Waals surface area contributed by atoms with Gasteiger partial charge in [0.15, 0.2) is 0 Å². The molecule has 1 N–H and O–H groups in total. The number of para-hydroxylation sites is 1. The number of nitrogens with zero attached hydrogens (tertiary/aromatic N) is 5. The van der Waals surface area contributed by atoms with Gasteiger partial charge in [-0.15, -0.1) is 5.10 Å². The Bertz CT molecular complexity index is 913. The molecule has 0 aliphatic rings. The number of aromatic carboxylic acids is 1. The van der Waals surface area contributed by atoms with Crippen LogP contribution in [0.5, 0.6) is 0 Å². The van der Waals surface area contributed by atoms with Crippen LogP contribution in [-0.2, 0) is 0 Å². The van der Waals surface area contributed by atoms with E-state index in [1.165, 1.54) is 16.8 Å². The minimum Gasteiger partial charge on any atom is -0.478 e. The molecule has 0 bridgehead atoms. The number of aromatic nitrogens is 4. The van der Waals surface area contributed by atoms with Crippen LogP contribution in [0.25, 0.3) is 5.69 Å². The molecule has 0 amide bonds. The Morgan fingerprint density at radius 2 is 1.96 bits per heavy atom. The van der Waals surface area contributed by atoms with Crippen molar-refractivity contribution in [2.75, 3.05) is 0 Å². The number of rotatable bonds is 5. The predicted molar refractivity (Wildman–Crippen MR) is 83.3 cm³/mol. The summed E-state index contributed by atoms with van der Waals surface area (Å²) in [5.74, 6) is -1.26. The number of benzene rings is 2. The Balaban J connectivity index is 2.00. The molecule has 1 heterocycles. The van der Waals surface area contributed by atoms with Gasteiger partial charge < -0.3 is 5.11 Å². The Kier molecular flexibility index (Phi) is 4.20. The third kappa shape index (κ3) is 3.08. The summed E-state index contributed by atoms with van der Waals surface area (Å²) in [5, 5.41) is 31.8. The van der Waals surface area contributed by atoms with Crippen LogP contribution in [0.3, 0.4) is 0 Å². The highest BCUT2D eigenvalue weighted by Gasteiger charge is 2.19. The Morgan fingerprint density at radius 1 is 1.21 bits per heavy atom.